The van der Waals surface area contributed by atoms with Crippen LogP contribution in [0.5, 0.6) is 0 Å². The normalized spacial score (nSPS) is 11.0. The fraction of sp³-hybridized carbons (Fsp3) is 0.714. The number of alkyl halides is 1. The Bertz CT molecular complexity index is 361. The van der Waals surface area contributed by atoms with Crippen molar-refractivity contribution in [3.05, 3.63) is 34.9 Å². The molecule has 1 rings (SSSR count). The number of aryl methyl sites for hydroxylation is 1. The van der Waals surface area contributed by atoms with Crippen LogP contribution in [-0.4, -0.2) is 5.33 Å². The van der Waals surface area contributed by atoms with Crippen LogP contribution in [0.15, 0.2) is 24.3 Å². The van der Waals surface area contributed by atoms with Gasteiger partial charge < -0.3 is 0 Å². The molecule has 2 heteroatoms. The molecule has 0 spiro atoms. The van der Waals surface area contributed by atoms with Crippen molar-refractivity contribution in [2.45, 2.75) is 89.9 Å². The van der Waals surface area contributed by atoms with Crippen molar-refractivity contribution in [3.63, 3.8) is 0 Å². The molecule has 0 heterocycles. The quantitative estimate of drug-likeness (QED) is 0.204. The number of benzene rings is 1. The third-order valence-corrected chi connectivity index (χ3v) is 5.33. The van der Waals surface area contributed by atoms with Gasteiger partial charge in [-0.15, -0.1) is 0 Å². The molecular weight excluding hydrogens is 368 g/mol. The minimum Gasteiger partial charge on any atom is -0.0928 e. The van der Waals surface area contributed by atoms with Crippen molar-refractivity contribution < 1.29 is 0 Å². The molecule has 0 aliphatic rings. The lowest BCUT2D eigenvalue weighted by Gasteiger charge is -2.04. The summed E-state index contributed by atoms with van der Waals surface area (Å²) in [7, 11) is 0. The predicted molar refractivity (Wildman–Crippen MR) is 109 cm³/mol. The van der Waals surface area contributed by atoms with Gasteiger partial charge in [0.25, 0.3) is 0 Å². The van der Waals surface area contributed by atoms with Crippen LogP contribution in [0.1, 0.15) is 89.0 Å². The first-order valence-corrected chi connectivity index (χ1v) is 11.1. The van der Waals surface area contributed by atoms with Gasteiger partial charge in [-0.05, 0) is 37.0 Å². The number of unbranched alkanes of at least 4 members (excludes halogenated alkanes) is 12. The first-order valence-electron chi connectivity index (χ1n) is 9.63. The predicted octanol–water partition coefficient (Wildman–Crippen LogP) is 8.35. The molecule has 0 radical (unpaired) electrons. The third kappa shape index (κ3) is 13.0. The molecular formula is C21H34BrCl. The number of hydrogen-bond donors (Lipinski definition) is 0. The van der Waals surface area contributed by atoms with Gasteiger partial charge in [0.05, 0.1) is 0 Å². The fourth-order valence-corrected chi connectivity index (χ4v) is 3.54. The highest BCUT2D eigenvalue weighted by atomic mass is 79.9. The molecule has 0 nitrogen and oxygen atoms in total. The van der Waals surface area contributed by atoms with Crippen molar-refractivity contribution in [1.82, 2.24) is 0 Å². The van der Waals surface area contributed by atoms with E-state index in [4.69, 9.17) is 11.6 Å². The molecule has 0 aliphatic carbocycles. The van der Waals surface area contributed by atoms with E-state index in [2.05, 4.69) is 28.1 Å². The maximum Gasteiger partial charge on any atom is 0.0406 e. The smallest absolute Gasteiger partial charge is 0.0406 e. The van der Waals surface area contributed by atoms with Crippen molar-refractivity contribution in [2.24, 2.45) is 0 Å². The average Bonchev–Trinajstić information content (AvgIpc) is 2.57. The Morgan fingerprint density at radius 2 is 0.957 bits per heavy atom. The topological polar surface area (TPSA) is 0 Å². The van der Waals surface area contributed by atoms with Crippen LogP contribution in [0.25, 0.3) is 0 Å². The van der Waals surface area contributed by atoms with Gasteiger partial charge in [-0.3, -0.25) is 0 Å². The van der Waals surface area contributed by atoms with Crippen molar-refractivity contribution in [1.29, 1.82) is 0 Å². The molecule has 23 heavy (non-hydrogen) atoms. The standard InChI is InChI=1S/C21H34BrCl/c22-19-13-11-9-7-5-3-1-2-4-6-8-10-12-14-20-15-17-21(23)18-16-20/h15-18H,1-14,19H2. The first kappa shape index (κ1) is 21.0. The average molecular weight is 402 g/mol. The third-order valence-electron chi connectivity index (χ3n) is 4.51. The van der Waals surface area contributed by atoms with Gasteiger partial charge in [0.15, 0.2) is 0 Å². The summed E-state index contributed by atoms with van der Waals surface area (Å²) in [5, 5.41) is 2.01. The van der Waals surface area contributed by atoms with Gasteiger partial charge >= 0.3 is 0 Å². The Hall–Kier alpha value is -0.0100. The zero-order valence-electron chi connectivity index (χ0n) is 14.7. The maximum absolute atomic E-state index is 5.90. The Kier molecular flexibility index (Phi) is 14.2. The molecule has 0 atom stereocenters. The fourth-order valence-electron chi connectivity index (χ4n) is 3.02. The lowest BCUT2D eigenvalue weighted by molar-refractivity contribution is 0.540. The van der Waals surface area contributed by atoms with Crippen LogP contribution in [0, 0.1) is 0 Å². The van der Waals surface area contributed by atoms with E-state index < -0.39 is 0 Å². The molecule has 132 valence electrons. The molecule has 0 unspecified atom stereocenters. The van der Waals surface area contributed by atoms with E-state index in [9.17, 15) is 0 Å². The Labute approximate surface area is 157 Å². The highest BCUT2D eigenvalue weighted by Crippen LogP contribution is 2.15. The molecule has 0 bridgehead atoms. The second-order valence-electron chi connectivity index (χ2n) is 6.66. The van der Waals surface area contributed by atoms with Gasteiger partial charge in [-0.2, -0.15) is 0 Å². The summed E-state index contributed by atoms with van der Waals surface area (Å²) in [6.45, 7) is 0. The lowest BCUT2D eigenvalue weighted by atomic mass is 10.0. The number of halogens is 2. The van der Waals surface area contributed by atoms with Gasteiger partial charge in [-0.1, -0.05) is 110 Å². The summed E-state index contributed by atoms with van der Waals surface area (Å²) in [6, 6.07) is 8.31. The monoisotopic (exact) mass is 400 g/mol. The Balaban J connectivity index is 1.77. The molecule has 0 aliphatic heterocycles. The zero-order valence-corrected chi connectivity index (χ0v) is 17.0. The molecule has 0 fully saturated rings. The van der Waals surface area contributed by atoms with Crippen LogP contribution in [-0.2, 0) is 6.42 Å². The van der Waals surface area contributed by atoms with E-state index in [0.29, 0.717) is 0 Å². The Morgan fingerprint density at radius 1 is 0.565 bits per heavy atom. The highest BCUT2D eigenvalue weighted by Gasteiger charge is 1.96. The molecule has 0 saturated heterocycles. The van der Waals surface area contributed by atoms with Crippen molar-refractivity contribution in [2.75, 3.05) is 5.33 Å². The minimum atomic E-state index is 0.840. The SMILES string of the molecule is Clc1ccc(CCCCCCCCCCCCCCCBr)cc1. The first-order chi connectivity index (χ1) is 11.3. The maximum atomic E-state index is 5.90. The van der Waals surface area contributed by atoms with Crippen LogP contribution in [0.3, 0.4) is 0 Å². The van der Waals surface area contributed by atoms with Gasteiger partial charge in [-0.25, -0.2) is 0 Å². The van der Waals surface area contributed by atoms with E-state index in [1.54, 1.807) is 0 Å². The van der Waals surface area contributed by atoms with Crippen LogP contribution in [0.2, 0.25) is 5.02 Å². The number of hydrogen-bond acceptors (Lipinski definition) is 0. The van der Waals surface area contributed by atoms with E-state index in [-0.39, 0.29) is 0 Å². The molecule has 0 aromatic heterocycles. The largest absolute Gasteiger partial charge is 0.0928 e. The summed E-state index contributed by atoms with van der Waals surface area (Å²) in [5.41, 5.74) is 1.42. The zero-order chi connectivity index (χ0) is 16.6. The van der Waals surface area contributed by atoms with E-state index >= 15 is 0 Å². The molecule has 1 aromatic carbocycles. The molecule has 0 saturated carbocycles. The highest BCUT2D eigenvalue weighted by molar-refractivity contribution is 9.09. The summed E-state index contributed by atoms with van der Waals surface area (Å²) >= 11 is 9.39. The second-order valence-corrected chi connectivity index (χ2v) is 7.89. The van der Waals surface area contributed by atoms with Gasteiger partial charge in [0.2, 0.25) is 0 Å². The Morgan fingerprint density at radius 3 is 1.39 bits per heavy atom. The van der Waals surface area contributed by atoms with Gasteiger partial charge in [0.1, 0.15) is 0 Å². The van der Waals surface area contributed by atoms with Crippen molar-refractivity contribution >= 4 is 27.5 Å². The summed E-state index contributed by atoms with van der Waals surface area (Å²) in [5.74, 6) is 0. The summed E-state index contributed by atoms with van der Waals surface area (Å²) in [4.78, 5) is 0. The van der Waals surface area contributed by atoms with Crippen LogP contribution < -0.4 is 0 Å². The van der Waals surface area contributed by atoms with E-state index in [0.717, 1.165) is 5.02 Å². The van der Waals surface area contributed by atoms with Gasteiger partial charge in [0, 0.05) is 10.4 Å². The van der Waals surface area contributed by atoms with Crippen LogP contribution >= 0.6 is 27.5 Å². The molecule has 0 N–H and O–H groups in total. The van der Waals surface area contributed by atoms with Crippen LogP contribution in [0.4, 0.5) is 0 Å². The summed E-state index contributed by atoms with van der Waals surface area (Å²) < 4.78 is 0. The number of rotatable bonds is 15. The summed E-state index contributed by atoms with van der Waals surface area (Å²) in [6.07, 6.45) is 19.6. The van der Waals surface area contributed by atoms with E-state index in [1.807, 2.05) is 12.1 Å². The minimum absolute atomic E-state index is 0.840. The van der Waals surface area contributed by atoms with E-state index in [1.165, 1.54) is 101 Å². The van der Waals surface area contributed by atoms with Crippen molar-refractivity contribution in [3.8, 4) is 0 Å². The second kappa shape index (κ2) is 15.5. The molecule has 1 aromatic rings. The molecule has 0 amide bonds. The lowest BCUT2D eigenvalue weighted by Crippen LogP contribution is -1.86.